The predicted octanol–water partition coefficient (Wildman–Crippen LogP) is 4.85. The molecule has 0 saturated heterocycles. The predicted molar refractivity (Wildman–Crippen MR) is 139 cm³/mol. The van der Waals surface area contributed by atoms with E-state index in [0.717, 1.165) is 30.5 Å². The van der Waals surface area contributed by atoms with Crippen molar-refractivity contribution in [3.63, 3.8) is 0 Å². The van der Waals surface area contributed by atoms with Crippen LogP contribution in [0.3, 0.4) is 0 Å². The van der Waals surface area contributed by atoms with E-state index in [1.807, 2.05) is 6.07 Å². The Hall–Kier alpha value is -3.41. The van der Waals surface area contributed by atoms with Gasteiger partial charge in [0.2, 0.25) is 0 Å². The topological polar surface area (TPSA) is 85.9 Å². The number of carbonyl (C=O) groups is 1. The molecule has 1 aliphatic rings. The van der Waals surface area contributed by atoms with E-state index in [2.05, 4.69) is 5.32 Å². The highest BCUT2D eigenvalue weighted by molar-refractivity contribution is 8.00. The number of rotatable bonds is 7. The lowest BCUT2D eigenvalue weighted by atomic mass is 9.79. The molecule has 0 aliphatic heterocycles. The van der Waals surface area contributed by atoms with Gasteiger partial charge in [0.1, 0.15) is 28.8 Å². The standard InChI is InChI=1S/C26H22BF3N2O4S/c1-31-26(33)23-18-11-17(13-3-4-13)21(12-22(18)36-25(23)14-5-7-15(28)8-6-14)32(37-2)16-9-19(29)24(27(34)35)20(30)10-16/h5-13,34-35H,3-4H2,1-2H3,(H,31,33). The third kappa shape index (κ3) is 4.58. The largest absolute Gasteiger partial charge is 0.494 e. The minimum atomic E-state index is -2.29. The summed E-state index contributed by atoms with van der Waals surface area (Å²) < 4.78 is 50.5. The lowest BCUT2D eigenvalue weighted by molar-refractivity contribution is 0.0964. The summed E-state index contributed by atoms with van der Waals surface area (Å²) in [6, 6.07) is 11.3. The first-order chi connectivity index (χ1) is 17.7. The van der Waals surface area contributed by atoms with E-state index < -0.39 is 30.0 Å². The molecule has 1 amide bonds. The molecular weight excluding hydrogens is 504 g/mol. The van der Waals surface area contributed by atoms with E-state index in [4.69, 9.17) is 4.42 Å². The third-order valence-electron chi connectivity index (χ3n) is 6.37. The fourth-order valence-electron chi connectivity index (χ4n) is 4.48. The second kappa shape index (κ2) is 9.81. The smallest absolute Gasteiger partial charge is 0.455 e. The zero-order chi connectivity index (χ0) is 26.4. The van der Waals surface area contributed by atoms with E-state index in [1.54, 1.807) is 16.6 Å². The number of halogens is 3. The Balaban J connectivity index is 1.72. The van der Waals surface area contributed by atoms with Crippen LogP contribution >= 0.6 is 11.9 Å². The lowest BCUT2D eigenvalue weighted by Gasteiger charge is -2.25. The van der Waals surface area contributed by atoms with Crippen LogP contribution in [0, 0.1) is 17.5 Å². The van der Waals surface area contributed by atoms with Crippen LogP contribution in [0.15, 0.2) is 52.9 Å². The van der Waals surface area contributed by atoms with Gasteiger partial charge in [0.05, 0.1) is 22.4 Å². The van der Waals surface area contributed by atoms with Crippen molar-refractivity contribution >= 4 is 52.8 Å². The van der Waals surface area contributed by atoms with Crippen molar-refractivity contribution in [2.45, 2.75) is 18.8 Å². The molecule has 1 aromatic heterocycles. The maximum atomic E-state index is 14.6. The molecule has 1 aliphatic carbocycles. The van der Waals surface area contributed by atoms with Crippen LogP contribution in [0.1, 0.15) is 34.7 Å². The molecule has 190 valence electrons. The number of hydrogen-bond acceptors (Lipinski definition) is 6. The van der Waals surface area contributed by atoms with Gasteiger partial charge >= 0.3 is 7.12 Å². The van der Waals surface area contributed by atoms with Gasteiger partial charge in [-0.05, 0) is 78.7 Å². The molecule has 1 heterocycles. The van der Waals surface area contributed by atoms with Gasteiger partial charge in [-0.3, -0.25) is 9.10 Å². The van der Waals surface area contributed by atoms with Gasteiger partial charge in [-0.2, -0.15) is 0 Å². The van der Waals surface area contributed by atoms with E-state index in [0.29, 0.717) is 27.8 Å². The summed E-state index contributed by atoms with van der Waals surface area (Å²) in [7, 11) is -0.775. The Morgan fingerprint density at radius 3 is 2.27 bits per heavy atom. The first-order valence-electron chi connectivity index (χ1n) is 11.5. The number of hydrogen-bond donors (Lipinski definition) is 3. The molecular formula is C26H22BF3N2O4S. The number of benzene rings is 3. The fourth-order valence-corrected chi connectivity index (χ4v) is 5.15. The molecule has 37 heavy (non-hydrogen) atoms. The Bertz CT molecular complexity index is 1480. The highest BCUT2D eigenvalue weighted by atomic mass is 32.2. The first kappa shape index (κ1) is 25.3. The SMILES string of the molecule is CNC(=O)c1c(-c2ccc(F)cc2)oc2cc(N(SC)c3cc(F)c(B(O)O)c(F)c3)c(C3CC3)cc12. The maximum Gasteiger partial charge on any atom is 0.494 e. The summed E-state index contributed by atoms with van der Waals surface area (Å²) in [5.74, 6) is -2.49. The van der Waals surface area contributed by atoms with Gasteiger partial charge in [0.15, 0.2) is 0 Å². The Kier molecular flexibility index (Phi) is 6.69. The van der Waals surface area contributed by atoms with Gasteiger partial charge in [-0.25, -0.2) is 13.2 Å². The quantitative estimate of drug-likeness (QED) is 0.236. The normalized spacial score (nSPS) is 13.2. The molecule has 0 radical (unpaired) electrons. The number of furan rings is 1. The average Bonchev–Trinajstić information content (AvgIpc) is 3.64. The second-order valence-corrected chi connectivity index (χ2v) is 9.48. The second-order valence-electron chi connectivity index (χ2n) is 8.75. The summed E-state index contributed by atoms with van der Waals surface area (Å²) in [6.45, 7) is 0. The van der Waals surface area contributed by atoms with Crippen molar-refractivity contribution < 1.29 is 32.4 Å². The van der Waals surface area contributed by atoms with Crippen molar-refractivity contribution in [2.75, 3.05) is 17.6 Å². The number of fused-ring (bicyclic) bond motifs is 1. The molecule has 4 aromatic rings. The summed E-state index contributed by atoms with van der Waals surface area (Å²) >= 11 is 1.21. The van der Waals surface area contributed by atoms with Crippen LogP contribution in [0.25, 0.3) is 22.3 Å². The number of nitrogens with one attached hydrogen (secondary N) is 1. The van der Waals surface area contributed by atoms with Crippen molar-refractivity contribution in [2.24, 2.45) is 0 Å². The molecule has 11 heteroatoms. The third-order valence-corrected chi connectivity index (χ3v) is 7.15. The van der Waals surface area contributed by atoms with Crippen LogP contribution in [0.2, 0.25) is 0 Å². The average molecular weight is 526 g/mol. The zero-order valence-electron chi connectivity index (χ0n) is 19.9. The molecule has 0 spiro atoms. The molecule has 1 saturated carbocycles. The Labute approximate surface area is 215 Å². The van der Waals surface area contributed by atoms with Crippen molar-refractivity contribution in [3.05, 3.63) is 77.1 Å². The molecule has 3 N–H and O–H groups in total. The van der Waals surface area contributed by atoms with Gasteiger partial charge in [-0.1, -0.05) is 0 Å². The maximum absolute atomic E-state index is 14.6. The molecule has 0 atom stereocenters. The molecule has 0 unspecified atom stereocenters. The number of nitrogens with zero attached hydrogens (tertiary/aromatic N) is 1. The van der Waals surface area contributed by atoms with Crippen molar-refractivity contribution in [3.8, 4) is 11.3 Å². The summed E-state index contributed by atoms with van der Waals surface area (Å²) in [4.78, 5) is 12.9. The number of amides is 1. The first-order valence-corrected chi connectivity index (χ1v) is 12.7. The molecule has 1 fully saturated rings. The highest BCUT2D eigenvalue weighted by Gasteiger charge is 2.32. The summed E-state index contributed by atoms with van der Waals surface area (Å²) in [6.07, 6.45) is 3.57. The van der Waals surface area contributed by atoms with Crippen LogP contribution in [-0.2, 0) is 0 Å². The lowest BCUT2D eigenvalue weighted by Crippen LogP contribution is -2.36. The van der Waals surface area contributed by atoms with Crippen LogP contribution in [0.4, 0.5) is 24.5 Å². The summed E-state index contributed by atoms with van der Waals surface area (Å²) in [5.41, 5.74) is 2.05. The number of carbonyl (C=O) groups excluding carboxylic acids is 1. The van der Waals surface area contributed by atoms with E-state index in [-0.39, 0.29) is 23.3 Å². The van der Waals surface area contributed by atoms with Crippen molar-refractivity contribution in [1.29, 1.82) is 0 Å². The summed E-state index contributed by atoms with van der Waals surface area (Å²) in [5, 5.41) is 21.9. The van der Waals surface area contributed by atoms with Gasteiger partial charge in [0.25, 0.3) is 5.91 Å². The van der Waals surface area contributed by atoms with Crippen LogP contribution in [0.5, 0.6) is 0 Å². The molecule has 5 rings (SSSR count). The van der Waals surface area contributed by atoms with Crippen LogP contribution in [-0.4, -0.2) is 36.4 Å². The number of anilines is 2. The molecule has 0 bridgehead atoms. The fraction of sp³-hybridized carbons (Fsp3) is 0.192. The minimum Gasteiger partial charge on any atom is -0.455 e. The van der Waals surface area contributed by atoms with E-state index >= 15 is 0 Å². The monoisotopic (exact) mass is 526 g/mol. The van der Waals surface area contributed by atoms with Gasteiger partial charge in [-0.15, -0.1) is 0 Å². The highest BCUT2D eigenvalue weighted by Crippen LogP contribution is 2.50. The Morgan fingerprint density at radius 2 is 1.73 bits per heavy atom. The van der Waals surface area contributed by atoms with E-state index in [1.165, 1.54) is 43.3 Å². The van der Waals surface area contributed by atoms with Crippen molar-refractivity contribution in [1.82, 2.24) is 5.32 Å². The zero-order valence-corrected chi connectivity index (χ0v) is 20.7. The van der Waals surface area contributed by atoms with E-state index in [9.17, 15) is 28.0 Å². The van der Waals surface area contributed by atoms with Crippen LogP contribution < -0.4 is 15.1 Å². The minimum absolute atomic E-state index is 0.157. The van der Waals surface area contributed by atoms with Gasteiger partial charge < -0.3 is 19.8 Å². The molecule has 3 aromatic carbocycles. The van der Waals surface area contributed by atoms with Gasteiger partial charge in [0, 0.05) is 30.3 Å². The molecule has 6 nitrogen and oxygen atoms in total. The Morgan fingerprint density at radius 1 is 1.08 bits per heavy atom.